The van der Waals surface area contributed by atoms with Crippen LogP contribution in [0.5, 0.6) is 0 Å². The fourth-order valence-electron chi connectivity index (χ4n) is 2.14. The number of methoxy groups -OCH3 is 1. The number of nitrogens with zero attached hydrogens (tertiary/aromatic N) is 2. The van der Waals surface area contributed by atoms with Crippen molar-refractivity contribution in [2.45, 2.75) is 38.1 Å². The Bertz CT molecular complexity index is 620. The third-order valence-corrected chi connectivity index (χ3v) is 3.46. The third-order valence-electron chi connectivity index (χ3n) is 3.46. The second kappa shape index (κ2) is 12.2. The van der Waals surface area contributed by atoms with Crippen LogP contribution in [0.4, 0.5) is 0 Å². The molecule has 0 aliphatic carbocycles. The molecule has 0 spiro atoms. The van der Waals surface area contributed by atoms with Gasteiger partial charge in [0.15, 0.2) is 0 Å². The average Bonchev–Trinajstić information content (AvgIpc) is 3.13. The summed E-state index contributed by atoms with van der Waals surface area (Å²) in [6.07, 6.45) is 4.23. The van der Waals surface area contributed by atoms with Gasteiger partial charge >= 0.3 is 5.97 Å². The fraction of sp³-hybridized carbons (Fsp3) is 0.600. The van der Waals surface area contributed by atoms with Crippen molar-refractivity contribution >= 4 is 17.8 Å². The maximum absolute atomic E-state index is 12.0. The summed E-state index contributed by atoms with van der Waals surface area (Å²) in [5.41, 5.74) is 0.597. The zero-order chi connectivity index (χ0) is 20.1. The summed E-state index contributed by atoms with van der Waals surface area (Å²) >= 11 is 0. The molecule has 2 amide bonds. The Morgan fingerprint density at radius 2 is 2.07 bits per heavy atom. The molecule has 1 unspecified atom stereocenters. The smallest absolute Gasteiger partial charge is 0.328 e. The molecular weight excluding hydrogens is 362 g/mol. The predicted molar refractivity (Wildman–Crippen MR) is 90.7 cm³/mol. The molecule has 1 aromatic rings. The SMILES string of the molecule is COC(=O)C(Cc1c[nH]cn1)NC(=O)CCNC(=O)CCCCO[N+](=O)[O-]. The Kier molecular flexibility index (Phi) is 9.89. The Balaban J connectivity index is 2.24. The number of imidazole rings is 1. The van der Waals surface area contributed by atoms with Gasteiger partial charge in [0.2, 0.25) is 11.8 Å². The maximum atomic E-state index is 12.0. The molecule has 1 heterocycles. The Morgan fingerprint density at radius 1 is 1.30 bits per heavy atom. The quantitative estimate of drug-likeness (QED) is 0.177. The molecule has 1 rings (SSSR count). The molecule has 150 valence electrons. The van der Waals surface area contributed by atoms with Crippen LogP contribution in [0.15, 0.2) is 12.5 Å². The molecule has 0 bridgehead atoms. The molecule has 3 N–H and O–H groups in total. The first-order chi connectivity index (χ1) is 12.9. The lowest BCUT2D eigenvalue weighted by atomic mass is 10.1. The van der Waals surface area contributed by atoms with E-state index in [0.29, 0.717) is 18.5 Å². The van der Waals surface area contributed by atoms with E-state index in [1.807, 2.05) is 0 Å². The molecule has 1 aromatic heterocycles. The summed E-state index contributed by atoms with van der Waals surface area (Å²) in [4.78, 5) is 56.2. The normalized spacial score (nSPS) is 11.3. The number of aromatic amines is 1. The third kappa shape index (κ3) is 9.77. The van der Waals surface area contributed by atoms with E-state index in [0.717, 1.165) is 0 Å². The minimum absolute atomic E-state index is 0.00969. The van der Waals surface area contributed by atoms with E-state index in [9.17, 15) is 24.5 Å². The number of rotatable bonds is 13. The van der Waals surface area contributed by atoms with Crippen molar-refractivity contribution in [2.75, 3.05) is 20.3 Å². The van der Waals surface area contributed by atoms with Crippen LogP contribution in [0.25, 0.3) is 0 Å². The molecule has 0 aliphatic rings. The number of amides is 2. The van der Waals surface area contributed by atoms with Gasteiger partial charge in [-0.1, -0.05) is 0 Å². The van der Waals surface area contributed by atoms with Gasteiger partial charge in [0.1, 0.15) is 6.04 Å². The minimum atomic E-state index is -0.883. The highest BCUT2D eigenvalue weighted by atomic mass is 16.9. The summed E-state index contributed by atoms with van der Waals surface area (Å²) in [7, 11) is 1.23. The maximum Gasteiger partial charge on any atom is 0.328 e. The molecular formula is C15H23N5O7. The van der Waals surface area contributed by atoms with E-state index in [1.54, 1.807) is 6.20 Å². The van der Waals surface area contributed by atoms with Gasteiger partial charge < -0.3 is 25.2 Å². The standard InChI is InChI=1S/C15H23N5O7/c1-26-15(23)12(8-11-9-16-10-18-11)19-14(22)5-6-17-13(21)4-2-3-7-27-20(24)25/h9-10,12H,2-8H2,1H3,(H,16,18)(H,17,21)(H,19,22). The molecule has 12 heteroatoms. The minimum Gasteiger partial charge on any atom is -0.467 e. The van der Waals surface area contributed by atoms with Crippen molar-refractivity contribution in [3.05, 3.63) is 28.3 Å². The topological polar surface area (TPSA) is 166 Å². The van der Waals surface area contributed by atoms with Crippen molar-refractivity contribution < 1.29 is 29.0 Å². The number of H-pyrrole nitrogens is 1. The molecule has 0 saturated carbocycles. The molecule has 0 fully saturated rings. The number of esters is 1. The Morgan fingerprint density at radius 3 is 2.70 bits per heavy atom. The first-order valence-electron chi connectivity index (χ1n) is 8.31. The van der Waals surface area contributed by atoms with Crippen molar-refractivity contribution in [2.24, 2.45) is 0 Å². The lowest BCUT2D eigenvalue weighted by Crippen LogP contribution is -2.44. The largest absolute Gasteiger partial charge is 0.467 e. The zero-order valence-corrected chi connectivity index (χ0v) is 14.9. The first-order valence-corrected chi connectivity index (χ1v) is 8.31. The number of carbonyl (C=O) groups excluding carboxylic acids is 3. The average molecular weight is 385 g/mol. The van der Waals surface area contributed by atoms with Crippen LogP contribution in [0.3, 0.4) is 0 Å². The molecule has 0 aliphatic heterocycles. The van der Waals surface area contributed by atoms with Gasteiger partial charge in [-0.05, 0) is 12.8 Å². The number of carbonyl (C=O) groups is 3. The van der Waals surface area contributed by atoms with Crippen molar-refractivity contribution in [3.8, 4) is 0 Å². The second-order valence-electron chi connectivity index (χ2n) is 5.52. The number of ether oxygens (including phenoxy) is 1. The van der Waals surface area contributed by atoms with Crippen LogP contribution in [-0.4, -0.2) is 59.1 Å². The predicted octanol–water partition coefficient (Wildman–Crippen LogP) is -0.505. The fourth-order valence-corrected chi connectivity index (χ4v) is 2.14. The van der Waals surface area contributed by atoms with Crippen molar-refractivity contribution in [3.63, 3.8) is 0 Å². The van der Waals surface area contributed by atoms with Crippen LogP contribution in [-0.2, 0) is 30.4 Å². The van der Waals surface area contributed by atoms with Crippen LogP contribution in [0.2, 0.25) is 0 Å². The molecule has 0 saturated heterocycles. The number of unbranched alkanes of at least 4 members (excludes halogenated alkanes) is 1. The van der Waals surface area contributed by atoms with Gasteiger partial charge in [0.25, 0.3) is 5.09 Å². The van der Waals surface area contributed by atoms with E-state index in [2.05, 4.69) is 30.2 Å². The van der Waals surface area contributed by atoms with Gasteiger partial charge in [-0.2, -0.15) is 0 Å². The Labute approximate surface area is 155 Å². The summed E-state index contributed by atoms with van der Waals surface area (Å²) in [5, 5.41) is 14.2. The van der Waals surface area contributed by atoms with Crippen LogP contribution in [0, 0.1) is 10.1 Å². The van der Waals surface area contributed by atoms with Crippen LogP contribution >= 0.6 is 0 Å². The van der Waals surface area contributed by atoms with Crippen molar-refractivity contribution in [1.82, 2.24) is 20.6 Å². The summed E-state index contributed by atoms with van der Waals surface area (Å²) in [6.45, 7) is 0.0416. The summed E-state index contributed by atoms with van der Waals surface area (Å²) in [6, 6.07) is -0.872. The van der Waals surface area contributed by atoms with Gasteiger partial charge in [-0.25, -0.2) is 9.78 Å². The van der Waals surface area contributed by atoms with Gasteiger partial charge in [-0.3, -0.25) is 9.59 Å². The highest BCUT2D eigenvalue weighted by Gasteiger charge is 2.22. The van der Waals surface area contributed by atoms with E-state index < -0.39 is 23.0 Å². The second-order valence-corrected chi connectivity index (χ2v) is 5.52. The zero-order valence-electron chi connectivity index (χ0n) is 14.9. The summed E-state index contributed by atoms with van der Waals surface area (Å²) < 4.78 is 4.67. The first kappa shape index (κ1) is 21.9. The highest BCUT2D eigenvalue weighted by Crippen LogP contribution is 2.01. The van der Waals surface area contributed by atoms with Gasteiger partial charge in [-0.15, -0.1) is 10.1 Å². The van der Waals surface area contributed by atoms with Gasteiger partial charge in [0, 0.05) is 32.0 Å². The lowest BCUT2D eigenvalue weighted by molar-refractivity contribution is -0.757. The molecule has 27 heavy (non-hydrogen) atoms. The van der Waals surface area contributed by atoms with E-state index in [4.69, 9.17) is 0 Å². The van der Waals surface area contributed by atoms with E-state index in [1.165, 1.54) is 13.4 Å². The molecule has 1 atom stereocenters. The Hall–Kier alpha value is -3.18. The van der Waals surface area contributed by atoms with E-state index in [-0.39, 0.29) is 38.3 Å². The van der Waals surface area contributed by atoms with Gasteiger partial charge in [0.05, 0.1) is 25.7 Å². The molecule has 12 nitrogen and oxygen atoms in total. The number of hydrogen-bond acceptors (Lipinski definition) is 8. The number of aromatic nitrogens is 2. The summed E-state index contributed by atoms with van der Waals surface area (Å²) in [5.74, 6) is -1.28. The monoisotopic (exact) mass is 385 g/mol. The number of nitrogens with one attached hydrogen (secondary N) is 3. The molecule has 0 radical (unpaired) electrons. The number of hydrogen-bond donors (Lipinski definition) is 3. The van der Waals surface area contributed by atoms with E-state index >= 15 is 0 Å². The molecule has 0 aromatic carbocycles. The van der Waals surface area contributed by atoms with Crippen molar-refractivity contribution in [1.29, 1.82) is 0 Å². The van der Waals surface area contributed by atoms with Crippen LogP contribution < -0.4 is 10.6 Å². The van der Waals surface area contributed by atoms with Crippen LogP contribution in [0.1, 0.15) is 31.4 Å². The lowest BCUT2D eigenvalue weighted by Gasteiger charge is -2.15. The highest BCUT2D eigenvalue weighted by molar-refractivity contribution is 5.85.